The predicted octanol–water partition coefficient (Wildman–Crippen LogP) is 1.71. The first kappa shape index (κ1) is 12.2. The summed E-state index contributed by atoms with van der Waals surface area (Å²) in [6.07, 6.45) is 0. The van der Waals surface area contributed by atoms with E-state index >= 15 is 0 Å². The average Bonchev–Trinajstić information content (AvgIpc) is 2.67. The van der Waals surface area contributed by atoms with E-state index in [9.17, 15) is 18.4 Å². The second-order valence-corrected chi connectivity index (χ2v) is 3.86. The molecule has 1 heterocycles. The van der Waals surface area contributed by atoms with Crippen LogP contribution in [0.4, 0.5) is 8.78 Å². The standard InChI is InChI=1S/C12H10F2N2O2/c1-7(17)10-5-11(18)16(15-10)6-8-3-2-4-9(13)12(8)14/h2-5,15H,6H2,1H3. The quantitative estimate of drug-likeness (QED) is 0.845. The maximum absolute atomic E-state index is 13.4. The molecule has 0 aliphatic carbocycles. The first-order chi connectivity index (χ1) is 8.49. The van der Waals surface area contributed by atoms with Gasteiger partial charge in [0.05, 0.1) is 6.54 Å². The molecule has 0 atom stereocenters. The van der Waals surface area contributed by atoms with Crippen LogP contribution in [0.1, 0.15) is 23.0 Å². The molecule has 1 aromatic carbocycles. The van der Waals surface area contributed by atoms with E-state index in [0.29, 0.717) is 0 Å². The number of carbonyl (C=O) groups is 1. The molecule has 18 heavy (non-hydrogen) atoms. The van der Waals surface area contributed by atoms with E-state index in [2.05, 4.69) is 5.10 Å². The van der Waals surface area contributed by atoms with E-state index in [4.69, 9.17) is 0 Å². The summed E-state index contributed by atoms with van der Waals surface area (Å²) in [6, 6.07) is 4.85. The Morgan fingerprint density at radius 3 is 2.72 bits per heavy atom. The van der Waals surface area contributed by atoms with Crippen molar-refractivity contribution in [2.24, 2.45) is 0 Å². The smallest absolute Gasteiger partial charge is 0.267 e. The molecule has 0 amide bonds. The zero-order valence-electron chi connectivity index (χ0n) is 9.54. The molecule has 0 unspecified atom stereocenters. The number of nitrogens with zero attached hydrogens (tertiary/aromatic N) is 1. The molecule has 4 nitrogen and oxygen atoms in total. The number of benzene rings is 1. The molecule has 0 saturated carbocycles. The van der Waals surface area contributed by atoms with Crippen LogP contribution in [0.3, 0.4) is 0 Å². The van der Waals surface area contributed by atoms with Gasteiger partial charge >= 0.3 is 0 Å². The van der Waals surface area contributed by atoms with Gasteiger partial charge in [-0.05, 0) is 6.07 Å². The van der Waals surface area contributed by atoms with Crippen LogP contribution in [0, 0.1) is 11.6 Å². The normalized spacial score (nSPS) is 10.6. The van der Waals surface area contributed by atoms with Gasteiger partial charge in [0.15, 0.2) is 17.4 Å². The summed E-state index contributed by atoms with van der Waals surface area (Å²) in [5.74, 6) is -2.27. The largest absolute Gasteiger partial charge is 0.293 e. The number of Topliss-reactive ketones (excluding diaryl/α,β-unsaturated/α-hetero) is 1. The van der Waals surface area contributed by atoms with E-state index in [0.717, 1.165) is 16.8 Å². The number of hydrogen-bond acceptors (Lipinski definition) is 2. The average molecular weight is 252 g/mol. The number of H-pyrrole nitrogens is 1. The fourth-order valence-corrected chi connectivity index (χ4v) is 1.57. The van der Waals surface area contributed by atoms with E-state index in [1.54, 1.807) is 0 Å². The van der Waals surface area contributed by atoms with Crippen molar-refractivity contribution >= 4 is 5.78 Å². The van der Waals surface area contributed by atoms with Gasteiger partial charge in [-0.1, -0.05) is 12.1 Å². The van der Waals surface area contributed by atoms with Crippen molar-refractivity contribution in [1.82, 2.24) is 9.78 Å². The lowest BCUT2D eigenvalue weighted by atomic mass is 10.2. The molecule has 1 aromatic heterocycles. The van der Waals surface area contributed by atoms with Crippen LogP contribution >= 0.6 is 0 Å². The highest BCUT2D eigenvalue weighted by atomic mass is 19.2. The predicted molar refractivity (Wildman–Crippen MR) is 60.5 cm³/mol. The van der Waals surface area contributed by atoms with Gasteiger partial charge in [0.2, 0.25) is 0 Å². The fourth-order valence-electron chi connectivity index (χ4n) is 1.57. The second-order valence-electron chi connectivity index (χ2n) is 3.86. The number of nitrogens with one attached hydrogen (secondary N) is 1. The third-order valence-electron chi connectivity index (χ3n) is 2.53. The Kier molecular flexibility index (Phi) is 3.10. The van der Waals surface area contributed by atoms with Crippen molar-refractivity contribution in [3.8, 4) is 0 Å². The van der Waals surface area contributed by atoms with Gasteiger partial charge < -0.3 is 0 Å². The van der Waals surface area contributed by atoms with Gasteiger partial charge in [-0.25, -0.2) is 13.5 Å². The number of rotatable bonds is 3. The van der Waals surface area contributed by atoms with Crippen LogP contribution in [-0.4, -0.2) is 15.6 Å². The fraction of sp³-hybridized carbons (Fsp3) is 0.167. The Hall–Kier alpha value is -2.24. The molecule has 0 saturated heterocycles. The molecule has 0 radical (unpaired) electrons. The van der Waals surface area contributed by atoms with Gasteiger partial charge in [0.1, 0.15) is 5.69 Å². The van der Waals surface area contributed by atoms with Gasteiger partial charge in [-0.15, -0.1) is 0 Å². The first-order valence-electron chi connectivity index (χ1n) is 5.22. The van der Waals surface area contributed by atoms with E-state index < -0.39 is 17.2 Å². The van der Waals surface area contributed by atoms with Crippen molar-refractivity contribution in [2.75, 3.05) is 0 Å². The van der Waals surface area contributed by atoms with E-state index in [1.807, 2.05) is 0 Å². The third-order valence-corrected chi connectivity index (χ3v) is 2.53. The number of aromatic amines is 1. The Morgan fingerprint density at radius 2 is 2.11 bits per heavy atom. The van der Waals surface area contributed by atoms with Crippen molar-refractivity contribution < 1.29 is 13.6 Å². The maximum Gasteiger partial charge on any atom is 0.267 e. The number of halogens is 2. The lowest BCUT2D eigenvalue weighted by molar-refractivity contribution is 0.101. The van der Waals surface area contributed by atoms with Crippen LogP contribution in [0.15, 0.2) is 29.1 Å². The van der Waals surface area contributed by atoms with Gasteiger partial charge in [-0.3, -0.25) is 14.7 Å². The molecular weight excluding hydrogens is 242 g/mol. The van der Waals surface area contributed by atoms with Crippen LogP contribution in [0.5, 0.6) is 0 Å². The highest BCUT2D eigenvalue weighted by molar-refractivity contribution is 5.91. The molecule has 2 aromatic rings. The molecule has 0 aliphatic heterocycles. The van der Waals surface area contributed by atoms with Gasteiger partial charge in [0.25, 0.3) is 5.56 Å². The van der Waals surface area contributed by atoms with Crippen molar-refractivity contribution in [2.45, 2.75) is 13.5 Å². The molecule has 6 heteroatoms. The minimum absolute atomic E-state index is 0.0362. The van der Waals surface area contributed by atoms with E-state index in [-0.39, 0.29) is 23.6 Å². The monoisotopic (exact) mass is 252 g/mol. The highest BCUT2D eigenvalue weighted by Gasteiger charge is 2.11. The highest BCUT2D eigenvalue weighted by Crippen LogP contribution is 2.11. The molecule has 0 fully saturated rings. The Morgan fingerprint density at radius 1 is 1.39 bits per heavy atom. The van der Waals surface area contributed by atoms with Crippen LogP contribution in [0.2, 0.25) is 0 Å². The Bertz CT molecular complexity index is 658. The summed E-state index contributed by atoms with van der Waals surface area (Å²) in [5, 5.41) is 2.54. The molecule has 0 aliphatic rings. The molecule has 1 N–H and O–H groups in total. The summed E-state index contributed by atoms with van der Waals surface area (Å²) in [7, 11) is 0. The molecule has 2 rings (SSSR count). The molecule has 94 valence electrons. The van der Waals surface area contributed by atoms with Crippen LogP contribution in [-0.2, 0) is 6.54 Å². The lowest BCUT2D eigenvalue weighted by Crippen LogP contribution is -2.17. The van der Waals surface area contributed by atoms with Crippen molar-refractivity contribution in [1.29, 1.82) is 0 Å². The number of hydrogen-bond donors (Lipinski definition) is 1. The maximum atomic E-state index is 13.4. The Balaban J connectivity index is 2.37. The number of ketones is 1. The molecular formula is C12H10F2N2O2. The number of carbonyl (C=O) groups excluding carboxylic acids is 1. The summed E-state index contributed by atoms with van der Waals surface area (Å²) in [4.78, 5) is 22.6. The van der Waals surface area contributed by atoms with Gasteiger partial charge in [0, 0.05) is 18.6 Å². The first-order valence-corrected chi connectivity index (χ1v) is 5.22. The summed E-state index contributed by atoms with van der Waals surface area (Å²) in [6.45, 7) is 1.15. The number of aromatic nitrogens is 2. The SMILES string of the molecule is CC(=O)c1cc(=O)n(Cc2cccc(F)c2F)[nH]1. The zero-order valence-corrected chi connectivity index (χ0v) is 9.54. The Labute approximate surface area is 101 Å². The minimum Gasteiger partial charge on any atom is -0.293 e. The molecule has 0 bridgehead atoms. The van der Waals surface area contributed by atoms with Crippen molar-refractivity contribution in [3.05, 3.63) is 57.5 Å². The minimum atomic E-state index is -0.997. The summed E-state index contributed by atoms with van der Waals surface area (Å²) in [5.41, 5.74) is -0.297. The van der Waals surface area contributed by atoms with Gasteiger partial charge in [-0.2, -0.15) is 0 Å². The lowest BCUT2D eigenvalue weighted by Gasteiger charge is -2.04. The topological polar surface area (TPSA) is 54.9 Å². The van der Waals surface area contributed by atoms with E-state index in [1.165, 1.54) is 19.1 Å². The summed E-state index contributed by atoms with van der Waals surface area (Å²) < 4.78 is 27.5. The van der Waals surface area contributed by atoms with Crippen LogP contribution in [0.25, 0.3) is 0 Å². The van der Waals surface area contributed by atoms with Crippen molar-refractivity contribution in [3.63, 3.8) is 0 Å². The second kappa shape index (κ2) is 4.56. The third kappa shape index (κ3) is 2.22. The van der Waals surface area contributed by atoms with Crippen LogP contribution < -0.4 is 5.56 Å². The summed E-state index contributed by atoms with van der Waals surface area (Å²) >= 11 is 0. The zero-order chi connectivity index (χ0) is 13.3. The molecule has 0 spiro atoms.